The molecule has 0 spiro atoms. The maximum absolute atomic E-state index is 10.9. The van der Waals surface area contributed by atoms with Crippen LogP contribution in [0.4, 0.5) is 0 Å². The van der Waals surface area contributed by atoms with Crippen LogP contribution in [0.3, 0.4) is 0 Å². The molecule has 0 aliphatic heterocycles. The first-order valence-corrected chi connectivity index (χ1v) is 5.47. The van der Waals surface area contributed by atoms with Crippen molar-refractivity contribution in [2.24, 2.45) is 5.73 Å². The van der Waals surface area contributed by atoms with Crippen molar-refractivity contribution in [3.63, 3.8) is 0 Å². The summed E-state index contributed by atoms with van der Waals surface area (Å²) in [6.07, 6.45) is -3.38. The molecule has 0 aromatic heterocycles. The lowest BCUT2D eigenvalue weighted by atomic mass is 9.99. The lowest BCUT2D eigenvalue weighted by Gasteiger charge is -2.21. The zero-order valence-electron chi connectivity index (χ0n) is 10.7. The highest BCUT2D eigenvalue weighted by molar-refractivity contribution is 5.79. The van der Waals surface area contributed by atoms with Crippen LogP contribution < -0.4 is 15.2 Å². The van der Waals surface area contributed by atoms with Crippen LogP contribution in [0.15, 0.2) is 12.1 Å². The van der Waals surface area contributed by atoms with Gasteiger partial charge in [0, 0.05) is 0 Å². The highest BCUT2D eigenvalue weighted by Gasteiger charge is 2.29. The molecule has 2 atom stereocenters. The van der Waals surface area contributed by atoms with E-state index in [4.69, 9.17) is 20.3 Å². The first kappa shape index (κ1) is 15.2. The minimum absolute atomic E-state index is 0.0912. The van der Waals surface area contributed by atoms with E-state index in [1.165, 1.54) is 26.4 Å². The van der Waals surface area contributed by atoms with Gasteiger partial charge in [-0.2, -0.15) is 0 Å². The quantitative estimate of drug-likeness (QED) is 0.530. The molecule has 0 fully saturated rings. The molecule has 0 bridgehead atoms. The minimum atomic E-state index is -1.79. The average molecular weight is 271 g/mol. The fourth-order valence-electron chi connectivity index (χ4n) is 1.69. The number of hydrogen-bond acceptors (Lipinski definition) is 6. The summed E-state index contributed by atoms with van der Waals surface area (Å²) in [4.78, 5) is 10.9. The molecule has 0 saturated heterocycles. The number of amides is 1. The normalized spacial score (nSPS) is 13.7. The van der Waals surface area contributed by atoms with Crippen LogP contribution in [0, 0.1) is 0 Å². The Morgan fingerprint density at radius 2 is 1.74 bits per heavy atom. The number of methoxy groups -OCH3 is 2. The van der Waals surface area contributed by atoms with Gasteiger partial charge in [0.25, 0.3) is 0 Å². The molecule has 0 aliphatic carbocycles. The summed E-state index contributed by atoms with van der Waals surface area (Å²) in [6, 6.07) is 2.93. The molecule has 1 rings (SSSR count). The molecule has 1 aromatic carbocycles. The van der Waals surface area contributed by atoms with Crippen molar-refractivity contribution in [1.82, 2.24) is 0 Å². The van der Waals surface area contributed by atoms with Gasteiger partial charge in [0.05, 0.1) is 26.4 Å². The number of ether oxygens (including phenoxy) is 2. The van der Waals surface area contributed by atoms with Crippen LogP contribution in [-0.2, 0) is 11.4 Å². The van der Waals surface area contributed by atoms with Crippen LogP contribution in [0.2, 0.25) is 0 Å². The number of benzene rings is 1. The standard InChI is InChI=1S/C12H17NO6/c1-18-7-3-6(5-14)4-8(19-2)9(7)10(15)11(16)12(13)17/h3-4,10-11,14-16H,5H2,1-2H3,(H2,13,17). The van der Waals surface area contributed by atoms with Gasteiger partial charge in [-0.25, -0.2) is 0 Å². The van der Waals surface area contributed by atoms with Crippen LogP contribution in [0.5, 0.6) is 11.5 Å². The van der Waals surface area contributed by atoms with Crippen molar-refractivity contribution in [3.8, 4) is 11.5 Å². The molecular weight excluding hydrogens is 254 g/mol. The Hall–Kier alpha value is -1.83. The molecule has 106 valence electrons. The van der Waals surface area contributed by atoms with E-state index >= 15 is 0 Å². The Morgan fingerprint density at radius 1 is 1.26 bits per heavy atom. The van der Waals surface area contributed by atoms with Gasteiger partial charge in [-0.1, -0.05) is 0 Å². The number of carbonyl (C=O) groups is 1. The fraction of sp³-hybridized carbons (Fsp3) is 0.417. The smallest absolute Gasteiger partial charge is 0.249 e. The third-order valence-electron chi connectivity index (χ3n) is 2.67. The Kier molecular flexibility index (Phi) is 5.11. The molecule has 2 unspecified atom stereocenters. The van der Waals surface area contributed by atoms with Gasteiger partial charge in [0.15, 0.2) is 6.10 Å². The van der Waals surface area contributed by atoms with Crippen molar-refractivity contribution in [2.75, 3.05) is 14.2 Å². The maximum atomic E-state index is 10.9. The summed E-state index contributed by atoms with van der Waals surface area (Å²) >= 11 is 0. The third kappa shape index (κ3) is 3.14. The Morgan fingerprint density at radius 3 is 2.05 bits per heavy atom. The molecule has 5 N–H and O–H groups in total. The predicted octanol–water partition coefficient (Wildman–Crippen LogP) is -0.924. The highest BCUT2D eigenvalue weighted by atomic mass is 16.5. The fourth-order valence-corrected chi connectivity index (χ4v) is 1.69. The second kappa shape index (κ2) is 6.37. The number of hydrogen-bond donors (Lipinski definition) is 4. The molecule has 7 heteroatoms. The van der Waals surface area contributed by atoms with E-state index in [-0.39, 0.29) is 23.7 Å². The van der Waals surface area contributed by atoms with E-state index in [0.717, 1.165) is 0 Å². The Balaban J connectivity index is 3.35. The predicted molar refractivity (Wildman–Crippen MR) is 65.6 cm³/mol. The largest absolute Gasteiger partial charge is 0.496 e. The number of aliphatic hydroxyl groups excluding tert-OH is 3. The number of rotatable bonds is 6. The topological polar surface area (TPSA) is 122 Å². The van der Waals surface area contributed by atoms with Gasteiger partial charge in [-0.05, 0) is 17.7 Å². The Labute approximate surface area is 110 Å². The van der Waals surface area contributed by atoms with Crippen LogP contribution in [-0.4, -0.2) is 41.6 Å². The summed E-state index contributed by atoms with van der Waals surface area (Å²) in [5, 5.41) is 28.6. The van der Waals surface area contributed by atoms with Gasteiger partial charge in [0.2, 0.25) is 5.91 Å². The number of nitrogens with two attached hydrogens (primary N) is 1. The monoisotopic (exact) mass is 271 g/mol. The summed E-state index contributed by atoms with van der Waals surface area (Å²) in [5.74, 6) is -0.713. The van der Waals surface area contributed by atoms with Crippen molar-refractivity contribution >= 4 is 5.91 Å². The van der Waals surface area contributed by atoms with Gasteiger partial charge in [0.1, 0.15) is 17.6 Å². The number of aliphatic hydroxyl groups is 3. The zero-order valence-corrected chi connectivity index (χ0v) is 10.7. The first-order valence-electron chi connectivity index (χ1n) is 5.47. The van der Waals surface area contributed by atoms with Crippen molar-refractivity contribution in [1.29, 1.82) is 0 Å². The second-order valence-corrected chi connectivity index (χ2v) is 3.86. The van der Waals surface area contributed by atoms with E-state index in [1.807, 2.05) is 0 Å². The summed E-state index contributed by atoms with van der Waals surface area (Å²) in [5.41, 5.74) is 5.53. The SMILES string of the molecule is COc1cc(CO)cc(OC)c1C(O)C(O)C(N)=O. The van der Waals surface area contributed by atoms with Crippen LogP contribution in [0.1, 0.15) is 17.2 Å². The van der Waals surface area contributed by atoms with Crippen molar-refractivity contribution in [3.05, 3.63) is 23.3 Å². The number of carbonyl (C=O) groups excluding carboxylic acids is 1. The molecule has 0 saturated carbocycles. The van der Waals surface area contributed by atoms with E-state index in [1.54, 1.807) is 0 Å². The van der Waals surface area contributed by atoms with Gasteiger partial charge < -0.3 is 30.5 Å². The lowest BCUT2D eigenvalue weighted by Crippen LogP contribution is -2.34. The molecule has 0 heterocycles. The third-order valence-corrected chi connectivity index (χ3v) is 2.67. The zero-order chi connectivity index (χ0) is 14.6. The van der Waals surface area contributed by atoms with Crippen molar-refractivity contribution in [2.45, 2.75) is 18.8 Å². The van der Waals surface area contributed by atoms with E-state index in [9.17, 15) is 15.0 Å². The van der Waals surface area contributed by atoms with Gasteiger partial charge in [-0.3, -0.25) is 4.79 Å². The second-order valence-electron chi connectivity index (χ2n) is 3.86. The summed E-state index contributed by atoms with van der Waals surface area (Å²) < 4.78 is 10.1. The van der Waals surface area contributed by atoms with Gasteiger partial charge >= 0.3 is 0 Å². The number of primary amides is 1. The van der Waals surface area contributed by atoms with Crippen LogP contribution >= 0.6 is 0 Å². The van der Waals surface area contributed by atoms with E-state index in [0.29, 0.717) is 5.56 Å². The summed E-state index contributed by atoms with van der Waals surface area (Å²) in [6.45, 7) is -0.249. The average Bonchev–Trinajstić information content (AvgIpc) is 2.43. The first-order chi connectivity index (χ1) is 8.96. The molecule has 0 radical (unpaired) electrons. The molecule has 7 nitrogen and oxygen atoms in total. The van der Waals surface area contributed by atoms with Gasteiger partial charge in [-0.15, -0.1) is 0 Å². The van der Waals surface area contributed by atoms with E-state index in [2.05, 4.69) is 0 Å². The van der Waals surface area contributed by atoms with Crippen molar-refractivity contribution < 1.29 is 29.6 Å². The molecule has 1 aromatic rings. The molecule has 1 amide bonds. The minimum Gasteiger partial charge on any atom is -0.496 e. The Bertz CT molecular complexity index is 437. The molecule has 19 heavy (non-hydrogen) atoms. The molecular formula is C12H17NO6. The maximum Gasteiger partial charge on any atom is 0.249 e. The lowest BCUT2D eigenvalue weighted by molar-refractivity contribution is -0.132. The van der Waals surface area contributed by atoms with Crippen LogP contribution in [0.25, 0.3) is 0 Å². The summed E-state index contributed by atoms with van der Waals surface area (Å²) in [7, 11) is 2.70. The van der Waals surface area contributed by atoms with E-state index < -0.39 is 18.1 Å². The molecule has 0 aliphatic rings. The highest BCUT2D eigenvalue weighted by Crippen LogP contribution is 2.37.